The molecule has 0 aliphatic rings. The van der Waals surface area contributed by atoms with Crippen molar-refractivity contribution in [3.05, 3.63) is 53.8 Å². The third-order valence-electron chi connectivity index (χ3n) is 3.80. The van der Waals surface area contributed by atoms with Crippen molar-refractivity contribution in [1.29, 1.82) is 0 Å². The Labute approximate surface area is 146 Å². The highest BCUT2D eigenvalue weighted by Crippen LogP contribution is 2.30. The SMILES string of the molecule is CCOc1ccc(NC(=O)c2c(C)oc3ccc(OCC)cc23)cc1. The highest BCUT2D eigenvalue weighted by molar-refractivity contribution is 6.13. The van der Waals surface area contributed by atoms with Gasteiger partial charge in [-0.2, -0.15) is 0 Å². The molecule has 3 aromatic rings. The zero-order chi connectivity index (χ0) is 17.8. The van der Waals surface area contributed by atoms with E-state index in [4.69, 9.17) is 13.9 Å². The lowest BCUT2D eigenvalue weighted by atomic mass is 10.1. The standard InChI is InChI=1S/C20H21NO4/c1-4-23-15-8-6-14(7-9-15)21-20(22)19-13(3)25-18-11-10-16(24-5-2)12-17(18)19/h6-12H,4-5H2,1-3H3,(H,21,22). The summed E-state index contributed by atoms with van der Waals surface area (Å²) in [5.74, 6) is 1.85. The van der Waals surface area contributed by atoms with Crippen LogP contribution >= 0.6 is 0 Å². The number of hydrogen-bond donors (Lipinski definition) is 1. The molecule has 1 N–H and O–H groups in total. The minimum atomic E-state index is -0.214. The highest BCUT2D eigenvalue weighted by Gasteiger charge is 2.19. The fraction of sp³-hybridized carbons (Fsp3) is 0.250. The van der Waals surface area contributed by atoms with Gasteiger partial charge in [-0.05, 0) is 63.2 Å². The van der Waals surface area contributed by atoms with E-state index in [-0.39, 0.29) is 5.91 Å². The number of aryl methyl sites for hydroxylation is 1. The van der Waals surface area contributed by atoms with Crippen molar-refractivity contribution in [1.82, 2.24) is 0 Å². The molecule has 130 valence electrons. The molecule has 0 radical (unpaired) electrons. The van der Waals surface area contributed by atoms with Gasteiger partial charge in [-0.25, -0.2) is 0 Å². The zero-order valence-electron chi connectivity index (χ0n) is 14.6. The number of nitrogens with one attached hydrogen (secondary N) is 1. The van der Waals surface area contributed by atoms with Crippen LogP contribution in [0.15, 0.2) is 46.9 Å². The Morgan fingerprint density at radius 2 is 1.64 bits per heavy atom. The summed E-state index contributed by atoms with van der Waals surface area (Å²) in [5, 5.41) is 3.65. The first kappa shape index (κ1) is 16.9. The van der Waals surface area contributed by atoms with Gasteiger partial charge in [0.2, 0.25) is 0 Å². The van der Waals surface area contributed by atoms with Crippen LogP contribution in [0.4, 0.5) is 5.69 Å². The quantitative estimate of drug-likeness (QED) is 0.701. The molecular formula is C20H21NO4. The fourth-order valence-electron chi connectivity index (χ4n) is 2.73. The molecule has 1 amide bonds. The van der Waals surface area contributed by atoms with Crippen LogP contribution in [0.3, 0.4) is 0 Å². The van der Waals surface area contributed by atoms with Gasteiger partial charge in [0.1, 0.15) is 22.8 Å². The largest absolute Gasteiger partial charge is 0.494 e. The first-order chi connectivity index (χ1) is 12.1. The van der Waals surface area contributed by atoms with Crippen molar-refractivity contribution in [2.75, 3.05) is 18.5 Å². The van der Waals surface area contributed by atoms with Crippen molar-refractivity contribution in [2.24, 2.45) is 0 Å². The van der Waals surface area contributed by atoms with Crippen molar-refractivity contribution in [3.8, 4) is 11.5 Å². The molecule has 0 aliphatic heterocycles. The summed E-state index contributed by atoms with van der Waals surface area (Å²) in [4.78, 5) is 12.7. The van der Waals surface area contributed by atoms with Gasteiger partial charge in [-0.15, -0.1) is 0 Å². The molecule has 25 heavy (non-hydrogen) atoms. The van der Waals surface area contributed by atoms with Crippen LogP contribution in [0.1, 0.15) is 30.0 Å². The van der Waals surface area contributed by atoms with Crippen molar-refractivity contribution >= 4 is 22.6 Å². The van der Waals surface area contributed by atoms with E-state index in [1.54, 1.807) is 6.92 Å². The molecule has 5 nitrogen and oxygen atoms in total. The van der Waals surface area contributed by atoms with E-state index >= 15 is 0 Å². The second-order valence-corrected chi connectivity index (χ2v) is 5.54. The maximum absolute atomic E-state index is 12.7. The van der Waals surface area contributed by atoms with E-state index in [1.807, 2.05) is 56.3 Å². The van der Waals surface area contributed by atoms with Crippen LogP contribution in [-0.2, 0) is 0 Å². The van der Waals surface area contributed by atoms with Gasteiger partial charge in [0.05, 0.1) is 18.8 Å². The Balaban J connectivity index is 1.88. The average Bonchev–Trinajstić information content (AvgIpc) is 2.92. The fourth-order valence-corrected chi connectivity index (χ4v) is 2.73. The minimum absolute atomic E-state index is 0.214. The normalized spacial score (nSPS) is 10.7. The molecule has 0 bridgehead atoms. The number of fused-ring (bicyclic) bond motifs is 1. The topological polar surface area (TPSA) is 60.7 Å². The first-order valence-electron chi connectivity index (χ1n) is 8.32. The van der Waals surface area contributed by atoms with E-state index in [0.29, 0.717) is 41.6 Å². The van der Waals surface area contributed by atoms with Crippen LogP contribution in [0.5, 0.6) is 11.5 Å². The molecule has 0 aliphatic carbocycles. The van der Waals surface area contributed by atoms with Gasteiger partial charge in [-0.3, -0.25) is 4.79 Å². The van der Waals surface area contributed by atoms with E-state index in [1.165, 1.54) is 0 Å². The number of carbonyl (C=O) groups excluding carboxylic acids is 1. The van der Waals surface area contributed by atoms with Crippen LogP contribution in [0, 0.1) is 6.92 Å². The Morgan fingerprint density at radius 3 is 2.32 bits per heavy atom. The Bertz CT molecular complexity index is 881. The molecule has 2 aromatic carbocycles. The summed E-state index contributed by atoms with van der Waals surface area (Å²) in [6, 6.07) is 12.8. The van der Waals surface area contributed by atoms with Crippen LogP contribution in [0.2, 0.25) is 0 Å². The number of hydrogen-bond acceptors (Lipinski definition) is 4. The number of anilines is 1. The van der Waals surface area contributed by atoms with Crippen LogP contribution in [0.25, 0.3) is 11.0 Å². The van der Waals surface area contributed by atoms with Crippen molar-refractivity contribution in [3.63, 3.8) is 0 Å². The maximum atomic E-state index is 12.7. The van der Waals surface area contributed by atoms with E-state index in [2.05, 4.69) is 5.32 Å². The van der Waals surface area contributed by atoms with Gasteiger partial charge in [-0.1, -0.05) is 0 Å². The predicted molar refractivity (Wildman–Crippen MR) is 97.7 cm³/mol. The molecule has 0 atom stereocenters. The number of amides is 1. The van der Waals surface area contributed by atoms with Crippen molar-refractivity contribution in [2.45, 2.75) is 20.8 Å². The summed E-state index contributed by atoms with van der Waals surface area (Å²) in [7, 11) is 0. The van der Waals surface area contributed by atoms with E-state index in [9.17, 15) is 4.79 Å². The molecule has 3 rings (SSSR count). The van der Waals surface area contributed by atoms with Gasteiger partial charge in [0, 0.05) is 11.1 Å². The van der Waals surface area contributed by atoms with Gasteiger partial charge < -0.3 is 19.2 Å². The minimum Gasteiger partial charge on any atom is -0.494 e. The molecule has 0 saturated carbocycles. The Kier molecular flexibility index (Phi) is 4.93. The lowest BCUT2D eigenvalue weighted by Crippen LogP contribution is -2.12. The summed E-state index contributed by atoms with van der Waals surface area (Å²) < 4.78 is 16.6. The second-order valence-electron chi connectivity index (χ2n) is 5.54. The molecule has 1 heterocycles. The number of ether oxygens (including phenoxy) is 2. The molecule has 0 fully saturated rings. The second kappa shape index (κ2) is 7.30. The predicted octanol–water partition coefficient (Wildman–Crippen LogP) is 4.79. The monoisotopic (exact) mass is 339 g/mol. The first-order valence-corrected chi connectivity index (χ1v) is 8.32. The summed E-state index contributed by atoms with van der Waals surface area (Å²) >= 11 is 0. The van der Waals surface area contributed by atoms with E-state index in [0.717, 1.165) is 11.1 Å². The van der Waals surface area contributed by atoms with E-state index < -0.39 is 0 Å². The summed E-state index contributed by atoms with van der Waals surface area (Å²) in [6.07, 6.45) is 0. The Hall–Kier alpha value is -2.95. The van der Waals surface area contributed by atoms with Crippen LogP contribution < -0.4 is 14.8 Å². The van der Waals surface area contributed by atoms with Gasteiger partial charge in [0.15, 0.2) is 0 Å². The Morgan fingerprint density at radius 1 is 1.00 bits per heavy atom. The van der Waals surface area contributed by atoms with Crippen molar-refractivity contribution < 1.29 is 18.7 Å². The molecule has 1 aromatic heterocycles. The summed E-state index contributed by atoms with van der Waals surface area (Å²) in [6.45, 7) is 6.81. The van der Waals surface area contributed by atoms with Gasteiger partial charge in [0.25, 0.3) is 5.91 Å². The van der Waals surface area contributed by atoms with Crippen LogP contribution in [-0.4, -0.2) is 19.1 Å². The molecular weight excluding hydrogens is 318 g/mol. The number of carbonyl (C=O) groups is 1. The molecule has 0 spiro atoms. The molecule has 0 saturated heterocycles. The maximum Gasteiger partial charge on any atom is 0.259 e. The molecule has 5 heteroatoms. The highest BCUT2D eigenvalue weighted by atomic mass is 16.5. The third kappa shape index (κ3) is 3.60. The zero-order valence-corrected chi connectivity index (χ0v) is 14.6. The number of rotatable bonds is 6. The molecule has 0 unspecified atom stereocenters. The smallest absolute Gasteiger partial charge is 0.259 e. The van der Waals surface area contributed by atoms with Gasteiger partial charge >= 0.3 is 0 Å². The third-order valence-corrected chi connectivity index (χ3v) is 3.80. The average molecular weight is 339 g/mol. The number of furan rings is 1. The lowest BCUT2D eigenvalue weighted by Gasteiger charge is -2.07. The summed E-state index contributed by atoms with van der Waals surface area (Å²) in [5.41, 5.74) is 1.88. The lowest BCUT2D eigenvalue weighted by molar-refractivity contribution is 0.102. The number of benzene rings is 2.